The van der Waals surface area contributed by atoms with Crippen LogP contribution in [-0.2, 0) is 13.0 Å². The van der Waals surface area contributed by atoms with Gasteiger partial charge in [0.2, 0.25) is 0 Å². The van der Waals surface area contributed by atoms with Gasteiger partial charge >= 0.3 is 0 Å². The van der Waals surface area contributed by atoms with Crippen LogP contribution in [0.2, 0.25) is 0 Å². The molecule has 7 heteroatoms. The molecular weight excluding hydrogens is 390 g/mol. The number of para-hydroxylation sites is 1. The lowest BCUT2D eigenvalue weighted by Crippen LogP contribution is -2.21. The molecule has 158 valence electrons. The Bertz CT molecular complexity index is 1140. The fraction of sp³-hybridized carbons (Fsp3) is 0.292. The minimum absolute atomic E-state index is 0.126. The standard InChI is InChI=1S/C24H25N5O2/c1-17-11-22(31-27-17)12-19-13-28(16-23(19)30)14-20-15-29(21-5-3-2-4-6-21)26-24(20)18-7-9-25-10-8-18/h2-11,15,19,23,30H,12-14,16H2,1H3/t19-,23+/m1/s1. The lowest BCUT2D eigenvalue weighted by Gasteiger charge is -2.15. The number of rotatable bonds is 6. The van der Waals surface area contributed by atoms with Crippen LogP contribution in [0.4, 0.5) is 0 Å². The third-order valence-electron chi connectivity index (χ3n) is 5.78. The molecule has 0 unspecified atom stereocenters. The first-order valence-corrected chi connectivity index (χ1v) is 10.5. The van der Waals surface area contributed by atoms with Crippen molar-refractivity contribution < 1.29 is 9.63 Å². The average Bonchev–Trinajstić information content (AvgIpc) is 3.49. The molecule has 0 bridgehead atoms. The summed E-state index contributed by atoms with van der Waals surface area (Å²) in [5, 5.41) is 19.5. The van der Waals surface area contributed by atoms with Crippen LogP contribution in [0.15, 0.2) is 71.6 Å². The highest BCUT2D eigenvalue weighted by molar-refractivity contribution is 5.62. The van der Waals surface area contributed by atoms with Gasteiger partial charge in [0.15, 0.2) is 0 Å². The van der Waals surface area contributed by atoms with Crippen LogP contribution in [0.1, 0.15) is 17.0 Å². The van der Waals surface area contributed by atoms with E-state index >= 15 is 0 Å². The van der Waals surface area contributed by atoms with Gasteiger partial charge in [-0.05, 0) is 31.2 Å². The SMILES string of the molecule is Cc1cc(C[C@@H]2CN(Cc3cn(-c4ccccc4)nc3-c3ccncc3)C[C@@H]2O)on1. The van der Waals surface area contributed by atoms with Gasteiger partial charge in [0.1, 0.15) is 5.76 Å². The minimum Gasteiger partial charge on any atom is -0.391 e. The predicted molar refractivity (Wildman–Crippen MR) is 117 cm³/mol. The molecule has 1 saturated heterocycles. The average molecular weight is 415 g/mol. The Hall–Kier alpha value is -3.29. The molecule has 5 rings (SSSR count). The summed E-state index contributed by atoms with van der Waals surface area (Å²) in [7, 11) is 0. The zero-order chi connectivity index (χ0) is 21.2. The fourth-order valence-electron chi connectivity index (χ4n) is 4.27. The molecule has 3 aromatic heterocycles. The number of β-amino-alcohol motifs (C(OH)–C–C–N with tert-alkyl or cyclic N) is 1. The summed E-state index contributed by atoms with van der Waals surface area (Å²) in [6, 6.07) is 16.0. The summed E-state index contributed by atoms with van der Waals surface area (Å²) in [5.74, 6) is 0.957. The monoisotopic (exact) mass is 415 g/mol. The smallest absolute Gasteiger partial charge is 0.137 e. The van der Waals surface area contributed by atoms with Crippen molar-refractivity contribution in [3.05, 3.63) is 84.1 Å². The molecule has 1 aromatic carbocycles. The van der Waals surface area contributed by atoms with Crippen molar-refractivity contribution in [2.75, 3.05) is 13.1 Å². The van der Waals surface area contributed by atoms with Crippen molar-refractivity contribution >= 4 is 0 Å². The number of likely N-dealkylation sites (tertiary alicyclic amines) is 1. The first-order chi connectivity index (χ1) is 15.2. The van der Waals surface area contributed by atoms with Crippen molar-refractivity contribution in [1.82, 2.24) is 24.8 Å². The summed E-state index contributed by atoms with van der Waals surface area (Å²) in [6.45, 7) is 4.06. The van der Waals surface area contributed by atoms with E-state index in [0.717, 1.165) is 40.5 Å². The maximum atomic E-state index is 10.6. The quantitative estimate of drug-likeness (QED) is 0.521. The zero-order valence-electron chi connectivity index (χ0n) is 17.4. The molecule has 0 radical (unpaired) electrons. The molecule has 0 aliphatic carbocycles. The van der Waals surface area contributed by atoms with Crippen LogP contribution in [-0.4, -0.2) is 49.1 Å². The van der Waals surface area contributed by atoms with Crippen molar-refractivity contribution in [3.8, 4) is 16.9 Å². The first-order valence-electron chi connectivity index (χ1n) is 10.5. The van der Waals surface area contributed by atoms with Crippen LogP contribution in [0.25, 0.3) is 16.9 Å². The Balaban J connectivity index is 1.38. The fourth-order valence-corrected chi connectivity index (χ4v) is 4.27. The first kappa shape index (κ1) is 19.7. The topological polar surface area (TPSA) is 80.2 Å². The number of aryl methyl sites for hydroxylation is 1. The zero-order valence-corrected chi connectivity index (χ0v) is 17.4. The van der Waals surface area contributed by atoms with Crippen LogP contribution in [0.5, 0.6) is 0 Å². The third kappa shape index (κ3) is 4.28. The molecule has 2 atom stereocenters. The number of nitrogens with zero attached hydrogens (tertiary/aromatic N) is 5. The minimum atomic E-state index is -0.390. The lowest BCUT2D eigenvalue weighted by atomic mass is 10.0. The Morgan fingerprint density at radius 3 is 2.65 bits per heavy atom. The Morgan fingerprint density at radius 2 is 1.90 bits per heavy atom. The van der Waals surface area contributed by atoms with Gasteiger partial charge in [0.25, 0.3) is 0 Å². The van der Waals surface area contributed by atoms with E-state index in [1.807, 2.05) is 60.1 Å². The molecule has 4 heterocycles. The van der Waals surface area contributed by atoms with Crippen molar-refractivity contribution in [1.29, 1.82) is 0 Å². The number of aliphatic hydroxyl groups is 1. The van der Waals surface area contributed by atoms with E-state index in [9.17, 15) is 5.11 Å². The molecule has 0 saturated carbocycles. The van der Waals surface area contributed by atoms with Crippen LogP contribution >= 0.6 is 0 Å². The van der Waals surface area contributed by atoms with Gasteiger partial charge in [-0.2, -0.15) is 5.10 Å². The van der Waals surface area contributed by atoms with Crippen LogP contribution in [0, 0.1) is 12.8 Å². The van der Waals surface area contributed by atoms with E-state index < -0.39 is 0 Å². The molecule has 4 aromatic rings. The van der Waals surface area contributed by atoms with E-state index in [2.05, 4.69) is 21.2 Å². The highest BCUT2D eigenvalue weighted by Gasteiger charge is 2.33. The molecule has 31 heavy (non-hydrogen) atoms. The second kappa shape index (κ2) is 8.45. The molecule has 1 aliphatic heterocycles. The molecule has 0 amide bonds. The number of pyridine rings is 1. The van der Waals surface area contributed by atoms with Crippen LogP contribution < -0.4 is 0 Å². The molecular formula is C24H25N5O2. The summed E-state index contributed by atoms with van der Waals surface area (Å²) < 4.78 is 7.28. The van der Waals surface area contributed by atoms with E-state index in [1.54, 1.807) is 12.4 Å². The molecule has 1 aliphatic rings. The molecule has 1 N–H and O–H groups in total. The molecule has 7 nitrogen and oxygen atoms in total. The summed E-state index contributed by atoms with van der Waals surface area (Å²) >= 11 is 0. The predicted octanol–water partition coefficient (Wildman–Crippen LogP) is 3.27. The highest BCUT2D eigenvalue weighted by Crippen LogP contribution is 2.28. The van der Waals surface area contributed by atoms with E-state index in [4.69, 9.17) is 9.62 Å². The van der Waals surface area contributed by atoms with Gasteiger partial charge in [-0.3, -0.25) is 9.88 Å². The number of aliphatic hydroxyl groups excluding tert-OH is 1. The number of aromatic nitrogens is 4. The summed E-state index contributed by atoms with van der Waals surface area (Å²) in [5.41, 5.74) is 4.99. The lowest BCUT2D eigenvalue weighted by molar-refractivity contribution is 0.137. The number of benzene rings is 1. The molecule has 0 spiro atoms. The van der Waals surface area contributed by atoms with Gasteiger partial charge in [-0.15, -0.1) is 0 Å². The van der Waals surface area contributed by atoms with E-state index in [1.165, 1.54) is 0 Å². The van der Waals surface area contributed by atoms with Crippen molar-refractivity contribution in [2.45, 2.75) is 26.0 Å². The van der Waals surface area contributed by atoms with Crippen molar-refractivity contribution in [2.24, 2.45) is 5.92 Å². The van der Waals surface area contributed by atoms with E-state index in [-0.39, 0.29) is 12.0 Å². The van der Waals surface area contributed by atoms with Gasteiger partial charge in [0.05, 0.1) is 23.2 Å². The largest absolute Gasteiger partial charge is 0.391 e. The Morgan fingerprint density at radius 1 is 1.10 bits per heavy atom. The maximum absolute atomic E-state index is 10.6. The van der Waals surface area contributed by atoms with Crippen LogP contribution in [0.3, 0.4) is 0 Å². The maximum Gasteiger partial charge on any atom is 0.137 e. The number of hydrogen-bond acceptors (Lipinski definition) is 6. The summed E-state index contributed by atoms with van der Waals surface area (Å²) in [4.78, 5) is 6.43. The van der Waals surface area contributed by atoms with Gasteiger partial charge in [0, 0.05) is 67.8 Å². The second-order valence-corrected chi connectivity index (χ2v) is 8.18. The van der Waals surface area contributed by atoms with E-state index in [0.29, 0.717) is 19.5 Å². The second-order valence-electron chi connectivity index (χ2n) is 8.18. The normalized spacial score (nSPS) is 19.2. The van der Waals surface area contributed by atoms with Gasteiger partial charge < -0.3 is 9.63 Å². The Labute approximate surface area is 180 Å². The Kier molecular flexibility index (Phi) is 5.36. The highest BCUT2D eigenvalue weighted by atomic mass is 16.5. The van der Waals surface area contributed by atoms with Gasteiger partial charge in [-0.25, -0.2) is 4.68 Å². The third-order valence-corrected chi connectivity index (χ3v) is 5.78. The summed E-state index contributed by atoms with van der Waals surface area (Å²) in [6.07, 6.45) is 5.97. The number of hydrogen-bond donors (Lipinski definition) is 1. The molecule has 1 fully saturated rings. The van der Waals surface area contributed by atoms with Gasteiger partial charge in [-0.1, -0.05) is 23.4 Å². The van der Waals surface area contributed by atoms with Crippen molar-refractivity contribution in [3.63, 3.8) is 0 Å².